The van der Waals surface area contributed by atoms with Crippen LogP contribution < -0.4 is 11.1 Å². The number of para-hydroxylation sites is 1. The van der Waals surface area contributed by atoms with Gasteiger partial charge in [0.25, 0.3) is 5.91 Å². The summed E-state index contributed by atoms with van der Waals surface area (Å²) < 4.78 is 0. The van der Waals surface area contributed by atoms with Crippen LogP contribution in [-0.2, 0) is 6.54 Å². The monoisotopic (exact) mass is 265 g/mol. The van der Waals surface area contributed by atoms with E-state index in [2.05, 4.69) is 10.3 Å². The minimum Gasteiger partial charge on any atom is -0.399 e. The van der Waals surface area contributed by atoms with Gasteiger partial charge in [-0.25, -0.2) is 0 Å². The van der Waals surface area contributed by atoms with Crippen LogP contribution in [0.15, 0.2) is 54.6 Å². The van der Waals surface area contributed by atoms with E-state index in [-0.39, 0.29) is 5.91 Å². The van der Waals surface area contributed by atoms with Crippen molar-refractivity contribution in [3.8, 4) is 0 Å². The van der Waals surface area contributed by atoms with Crippen LogP contribution in [0.4, 0.5) is 5.69 Å². The number of hydrogen-bond acceptors (Lipinski definition) is 2. The highest BCUT2D eigenvalue weighted by molar-refractivity contribution is 5.97. The van der Waals surface area contributed by atoms with Gasteiger partial charge >= 0.3 is 0 Å². The van der Waals surface area contributed by atoms with Crippen LogP contribution in [0, 0.1) is 0 Å². The number of aromatic nitrogens is 1. The predicted molar refractivity (Wildman–Crippen MR) is 80.3 cm³/mol. The predicted octanol–water partition coefficient (Wildman–Crippen LogP) is 2.68. The third-order valence-corrected chi connectivity index (χ3v) is 3.18. The summed E-state index contributed by atoms with van der Waals surface area (Å²) in [5, 5.41) is 3.91. The number of amides is 1. The standard InChI is InChI=1S/C16H15N3O/c17-13-6-3-4-11(8-13)10-18-16(20)15-9-12-5-1-2-7-14(12)19-15/h1-9,19H,10,17H2,(H,18,20). The second kappa shape index (κ2) is 5.09. The van der Waals surface area contributed by atoms with Crippen LogP contribution in [0.1, 0.15) is 16.1 Å². The number of benzene rings is 2. The van der Waals surface area contributed by atoms with Crippen molar-refractivity contribution in [3.63, 3.8) is 0 Å². The highest BCUT2D eigenvalue weighted by atomic mass is 16.1. The van der Waals surface area contributed by atoms with Gasteiger partial charge in [-0.15, -0.1) is 0 Å². The molecule has 4 N–H and O–H groups in total. The summed E-state index contributed by atoms with van der Waals surface area (Å²) in [6.45, 7) is 0.458. The Hall–Kier alpha value is -2.75. The second-order valence-electron chi connectivity index (χ2n) is 4.70. The van der Waals surface area contributed by atoms with Gasteiger partial charge in [0.15, 0.2) is 0 Å². The van der Waals surface area contributed by atoms with E-state index >= 15 is 0 Å². The van der Waals surface area contributed by atoms with Gasteiger partial charge in [-0.1, -0.05) is 30.3 Å². The average molecular weight is 265 g/mol. The number of fused-ring (bicyclic) bond motifs is 1. The van der Waals surface area contributed by atoms with E-state index in [4.69, 9.17) is 5.73 Å². The molecule has 3 rings (SSSR count). The summed E-state index contributed by atoms with van der Waals surface area (Å²) in [4.78, 5) is 15.2. The zero-order valence-corrected chi connectivity index (χ0v) is 10.9. The molecule has 0 unspecified atom stereocenters. The van der Waals surface area contributed by atoms with E-state index in [1.165, 1.54) is 0 Å². The molecule has 0 aliphatic rings. The molecule has 2 aromatic carbocycles. The molecule has 0 saturated heterocycles. The molecule has 0 radical (unpaired) electrons. The molecule has 3 aromatic rings. The topological polar surface area (TPSA) is 70.9 Å². The second-order valence-corrected chi connectivity index (χ2v) is 4.70. The van der Waals surface area contributed by atoms with Crippen molar-refractivity contribution in [2.24, 2.45) is 0 Å². The molecule has 1 heterocycles. The fraction of sp³-hybridized carbons (Fsp3) is 0.0625. The van der Waals surface area contributed by atoms with E-state index < -0.39 is 0 Å². The first-order chi connectivity index (χ1) is 9.72. The molecular weight excluding hydrogens is 250 g/mol. The number of H-pyrrole nitrogens is 1. The Morgan fingerprint density at radius 2 is 1.95 bits per heavy atom. The first-order valence-corrected chi connectivity index (χ1v) is 6.43. The third kappa shape index (κ3) is 2.49. The van der Waals surface area contributed by atoms with Crippen molar-refractivity contribution >= 4 is 22.5 Å². The number of nitrogens with one attached hydrogen (secondary N) is 2. The van der Waals surface area contributed by atoms with Gasteiger partial charge in [0.2, 0.25) is 0 Å². The largest absolute Gasteiger partial charge is 0.399 e. The molecule has 0 spiro atoms. The number of hydrogen-bond donors (Lipinski definition) is 3. The lowest BCUT2D eigenvalue weighted by molar-refractivity contribution is 0.0947. The number of aromatic amines is 1. The third-order valence-electron chi connectivity index (χ3n) is 3.18. The molecule has 0 aliphatic heterocycles. The van der Waals surface area contributed by atoms with Gasteiger partial charge in [0.1, 0.15) is 5.69 Å². The molecule has 0 fully saturated rings. The first-order valence-electron chi connectivity index (χ1n) is 6.43. The fourth-order valence-corrected chi connectivity index (χ4v) is 2.18. The van der Waals surface area contributed by atoms with Crippen LogP contribution >= 0.6 is 0 Å². The fourth-order valence-electron chi connectivity index (χ4n) is 2.18. The van der Waals surface area contributed by atoms with Crippen LogP contribution in [0.3, 0.4) is 0 Å². The molecule has 4 heteroatoms. The minimum absolute atomic E-state index is 0.122. The molecule has 100 valence electrons. The lowest BCUT2D eigenvalue weighted by atomic mass is 10.2. The lowest BCUT2D eigenvalue weighted by Crippen LogP contribution is -2.23. The van der Waals surface area contributed by atoms with Gasteiger partial charge in [-0.2, -0.15) is 0 Å². The van der Waals surface area contributed by atoms with Gasteiger partial charge in [-0.3, -0.25) is 4.79 Å². The Bertz CT molecular complexity index is 728. The zero-order valence-electron chi connectivity index (χ0n) is 10.9. The molecule has 0 atom stereocenters. The molecular formula is C16H15N3O. The average Bonchev–Trinajstić information content (AvgIpc) is 2.89. The van der Waals surface area contributed by atoms with Crippen LogP contribution in [0.2, 0.25) is 0 Å². The van der Waals surface area contributed by atoms with Crippen molar-refractivity contribution in [2.45, 2.75) is 6.54 Å². The van der Waals surface area contributed by atoms with Crippen molar-refractivity contribution in [1.82, 2.24) is 10.3 Å². The highest BCUT2D eigenvalue weighted by Crippen LogP contribution is 2.14. The lowest BCUT2D eigenvalue weighted by Gasteiger charge is -2.04. The summed E-state index contributed by atoms with van der Waals surface area (Å²) in [7, 11) is 0. The van der Waals surface area contributed by atoms with Crippen molar-refractivity contribution < 1.29 is 4.79 Å². The van der Waals surface area contributed by atoms with Gasteiger partial charge < -0.3 is 16.0 Å². The number of rotatable bonds is 3. The Morgan fingerprint density at radius 3 is 2.75 bits per heavy atom. The van der Waals surface area contributed by atoms with E-state index in [0.717, 1.165) is 16.5 Å². The number of anilines is 1. The normalized spacial score (nSPS) is 10.6. The SMILES string of the molecule is Nc1cccc(CNC(=O)c2cc3ccccc3[nH]2)c1. The van der Waals surface area contributed by atoms with Crippen LogP contribution in [-0.4, -0.2) is 10.9 Å². The molecule has 4 nitrogen and oxygen atoms in total. The molecule has 0 bridgehead atoms. The Kier molecular flexibility index (Phi) is 3.13. The van der Waals surface area contributed by atoms with E-state index in [1.54, 1.807) is 0 Å². The molecule has 0 aliphatic carbocycles. The maximum Gasteiger partial charge on any atom is 0.267 e. The maximum absolute atomic E-state index is 12.1. The quantitative estimate of drug-likeness (QED) is 0.637. The Labute approximate surface area is 116 Å². The summed E-state index contributed by atoms with van der Waals surface area (Å²) in [5.41, 5.74) is 8.91. The Morgan fingerprint density at radius 1 is 1.10 bits per heavy atom. The maximum atomic E-state index is 12.1. The zero-order chi connectivity index (χ0) is 13.9. The summed E-state index contributed by atoms with van der Waals surface area (Å²) in [5.74, 6) is -0.122. The molecule has 20 heavy (non-hydrogen) atoms. The number of nitrogen functional groups attached to an aromatic ring is 1. The van der Waals surface area contributed by atoms with Crippen LogP contribution in [0.25, 0.3) is 10.9 Å². The minimum atomic E-state index is -0.122. The summed E-state index contributed by atoms with van der Waals surface area (Å²) in [6.07, 6.45) is 0. The van der Waals surface area contributed by atoms with Crippen LogP contribution in [0.5, 0.6) is 0 Å². The number of nitrogens with two attached hydrogens (primary N) is 1. The smallest absolute Gasteiger partial charge is 0.267 e. The number of carbonyl (C=O) groups excluding carboxylic acids is 1. The molecule has 1 aromatic heterocycles. The Balaban J connectivity index is 1.73. The number of carbonyl (C=O) groups is 1. The van der Waals surface area contributed by atoms with Gasteiger partial charge in [0, 0.05) is 23.1 Å². The van der Waals surface area contributed by atoms with Crippen molar-refractivity contribution in [1.29, 1.82) is 0 Å². The van der Waals surface area contributed by atoms with Crippen molar-refractivity contribution in [3.05, 3.63) is 65.9 Å². The summed E-state index contributed by atoms with van der Waals surface area (Å²) in [6, 6.07) is 17.1. The van der Waals surface area contributed by atoms with Gasteiger partial charge in [-0.05, 0) is 29.8 Å². The van der Waals surface area contributed by atoms with Gasteiger partial charge in [0.05, 0.1) is 0 Å². The molecule has 0 saturated carbocycles. The summed E-state index contributed by atoms with van der Waals surface area (Å²) >= 11 is 0. The van der Waals surface area contributed by atoms with E-state index in [0.29, 0.717) is 17.9 Å². The molecule has 1 amide bonds. The highest BCUT2D eigenvalue weighted by Gasteiger charge is 2.08. The van der Waals surface area contributed by atoms with E-state index in [1.807, 2.05) is 54.6 Å². The van der Waals surface area contributed by atoms with E-state index in [9.17, 15) is 4.79 Å². The first kappa shape index (κ1) is 12.3. The van der Waals surface area contributed by atoms with Crippen molar-refractivity contribution in [2.75, 3.05) is 5.73 Å².